The van der Waals surface area contributed by atoms with Gasteiger partial charge in [-0.05, 0) is 12.1 Å². The van der Waals surface area contributed by atoms with E-state index in [1.165, 1.54) is 17.5 Å². The highest BCUT2D eigenvalue weighted by atomic mass is 35.5. The second kappa shape index (κ2) is 5.52. The molecule has 1 aromatic heterocycles. The van der Waals surface area contributed by atoms with Gasteiger partial charge in [-0.15, -0.1) is 11.3 Å². The highest BCUT2D eigenvalue weighted by Gasteiger charge is 2.18. The van der Waals surface area contributed by atoms with Crippen molar-refractivity contribution < 1.29 is 14.3 Å². The Bertz CT molecular complexity index is 620. The molecule has 0 aliphatic heterocycles. The Kier molecular flexibility index (Phi) is 3.98. The molecule has 0 spiro atoms. The number of carboxylic acid groups (broad SMARTS) is 1. The molecule has 1 atom stereocenters. The molecule has 0 saturated carbocycles. The number of aromatic nitrogens is 1. The molecule has 1 heterocycles. The molecule has 0 radical (unpaired) electrons. The summed E-state index contributed by atoms with van der Waals surface area (Å²) < 4.78 is 13.6. The van der Waals surface area contributed by atoms with E-state index in [0.29, 0.717) is 5.13 Å². The normalized spacial score (nSPS) is 12.2. The van der Waals surface area contributed by atoms with Crippen molar-refractivity contribution in [3.05, 3.63) is 40.1 Å². The molecule has 2 aromatic rings. The highest BCUT2D eigenvalue weighted by molar-refractivity contribution is 7.13. The predicted octanol–water partition coefficient (Wildman–Crippen LogP) is 2.76. The van der Waals surface area contributed by atoms with Gasteiger partial charge in [0.1, 0.15) is 6.04 Å². The van der Waals surface area contributed by atoms with E-state index in [4.69, 9.17) is 22.4 Å². The maximum absolute atomic E-state index is 13.6. The lowest BCUT2D eigenvalue weighted by molar-refractivity contribution is -0.138. The van der Waals surface area contributed by atoms with Crippen molar-refractivity contribution in [2.45, 2.75) is 6.04 Å². The third-order valence-corrected chi connectivity index (χ3v) is 3.37. The van der Waals surface area contributed by atoms with E-state index < -0.39 is 17.8 Å². The van der Waals surface area contributed by atoms with E-state index in [0.717, 1.165) is 11.3 Å². The summed E-state index contributed by atoms with van der Waals surface area (Å²) in [7, 11) is 0. The van der Waals surface area contributed by atoms with Crippen molar-refractivity contribution >= 4 is 39.7 Å². The smallest absolute Gasteiger partial charge is 0.326 e. The van der Waals surface area contributed by atoms with E-state index in [9.17, 15) is 9.18 Å². The Morgan fingerprint density at radius 3 is 3.00 bits per heavy atom. The molecule has 100 valence electrons. The molecule has 0 bridgehead atoms. The van der Waals surface area contributed by atoms with Crippen LogP contribution in [0.4, 0.5) is 15.2 Å². The minimum absolute atomic E-state index is 0.0102. The molecule has 0 aliphatic rings. The van der Waals surface area contributed by atoms with Gasteiger partial charge in [0.2, 0.25) is 0 Å². The topological polar surface area (TPSA) is 88.2 Å². The van der Waals surface area contributed by atoms with Crippen LogP contribution in [0.25, 0.3) is 0 Å². The Hall–Kier alpha value is -1.70. The molecule has 1 unspecified atom stereocenters. The molecule has 19 heavy (non-hydrogen) atoms. The molecule has 2 rings (SSSR count). The average Bonchev–Trinajstić information content (AvgIpc) is 2.82. The fraction of sp³-hybridized carbons (Fsp3) is 0.0909. The van der Waals surface area contributed by atoms with Gasteiger partial charge in [-0.2, -0.15) is 0 Å². The number of carbonyl (C=O) groups is 1. The quantitative estimate of drug-likeness (QED) is 0.808. The number of nitrogens with two attached hydrogens (primary N) is 1. The first-order valence-electron chi connectivity index (χ1n) is 5.14. The van der Waals surface area contributed by atoms with Crippen molar-refractivity contribution in [3.63, 3.8) is 0 Å². The maximum Gasteiger partial charge on any atom is 0.326 e. The maximum atomic E-state index is 13.6. The fourth-order valence-corrected chi connectivity index (χ4v) is 2.26. The number of aliphatic carboxylic acids is 1. The zero-order valence-corrected chi connectivity index (χ0v) is 11.0. The number of benzene rings is 1. The molecule has 5 nitrogen and oxygen atoms in total. The first-order chi connectivity index (χ1) is 8.99. The SMILES string of the molecule is NC(C(=O)O)c1csc(Nc2cccc(Cl)c2F)n1. The lowest BCUT2D eigenvalue weighted by Crippen LogP contribution is -2.20. The van der Waals surface area contributed by atoms with Crippen LogP contribution in [0.3, 0.4) is 0 Å². The lowest BCUT2D eigenvalue weighted by atomic mass is 10.2. The highest BCUT2D eigenvalue weighted by Crippen LogP contribution is 2.27. The molecule has 0 amide bonds. The van der Waals surface area contributed by atoms with Gasteiger partial charge in [0.15, 0.2) is 10.9 Å². The molecule has 0 fully saturated rings. The summed E-state index contributed by atoms with van der Waals surface area (Å²) in [6, 6.07) is 3.32. The van der Waals surface area contributed by atoms with Gasteiger partial charge in [0.25, 0.3) is 0 Å². The molecular weight excluding hydrogens is 293 g/mol. The van der Waals surface area contributed by atoms with E-state index in [-0.39, 0.29) is 16.4 Å². The molecule has 8 heteroatoms. The summed E-state index contributed by atoms with van der Waals surface area (Å²) in [6.45, 7) is 0. The van der Waals surface area contributed by atoms with E-state index in [1.54, 1.807) is 6.07 Å². The monoisotopic (exact) mass is 301 g/mol. The second-order valence-electron chi connectivity index (χ2n) is 3.62. The van der Waals surface area contributed by atoms with E-state index in [2.05, 4.69) is 10.3 Å². The van der Waals surface area contributed by atoms with Crippen LogP contribution in [0.15, 0.2) is 23.6 Å². The number of anilines is 2. The summed E-state index contributed by atoms with van der Waals surface area (Å²) >= 11 is 6.78. The fourth-order valence-electron chi connectivity index (χ4n) is 1.33. The van der Waals surface area contributed by atoms with Gasteiger partial charge in [-0.1, -0.05) is 17.7 Å². The second-order valence-corrected chi connectivity index (χ2v) is 4.89. The largest absolute Gasteiger partial charge is 0.480 e. The van der Waals surface area contributed by atoms with Crippen molar-refractivity contribution in [1.82, 2.24) is 4.98 Å². The van der Waals surface area contributed by atoms with Crippen molar-refractivity contribution in [2.75, 3.05) is 5.32 Å². The van der Waals surface area contributed by atoms with Crippen molar-refractivity contribution in [2.24, 2.45) is 5.73 Å². The Labute approximate surface area is 116 Å². The van der Waals surface area contributed by atoms with E-state index >= 15 is 0 Å². The molecule has 1 aromatic carbocycles. The van der Waals surface area contributed by atoms with Crippen LogP contribution >= 0.6 is 22.9 Å². The first kappa shape index (κ1) is 13.7. The number of thiazole rings is 1. The minimum atomic E-state index is -1.20. The zero-order chi connectivity index (χ0) is 14.0. The number of hydrogen-bond donors (Lipinski definition) is 3. The number of halogens is 2. The first-order valence-corrected chi connectivity index (χ1v) is 6.39. The van der Waals surface area contributed by atoms with Crippen LogP contribution in [-0.4, -0.2) is 16.1 Å². The van der Waals surface area contributed by atoms with E-state index in [1.807, 2.05) is 0 Å². The Morgan fingerprint density at radius 1 is 1.58 bits per heavy atom. The summed E-state index contributed by atoms with van der Waals surface area (Å²) in [5.41, 5.74) is 5.79. The lowest BCUT2D eigenvalue weighted by Gasteiger charge is -2.05. The molecule has 4 N–H and O–H groups in total. The number of hydrogen-bond acceptors (Lipinski definition) is 5. The van der Waals surface area contributed by atoms with Crippen molar-refractivity contribution in [3.8, 4) is 0 Å². The van der Waals surface area contributed by atoms with Gasteiger partial charge < -0.3 is 16.2 Å². The summed E-state index contributed by atoms with van der Waals surface area (Å²) in [5, 5.41) is 13.3. The molecular formula is C11H9ClFN3O2S. The van der Waals surface area contributed by atoms with Crippen LogP contribution in [0.5, 0.6) is 0 Å². The Balaban J connectivity index is 2.20. The predicted molar refractivity (Wildman–Crippen MR) is 71.4 cm³/mol. The third kappa shape index (κ3) is 3.01. The third-order valence-electron chi connectivity index (χ3n) is 2.30. The van der Waals surface area contributed by atoms with Gasteiger partial charge in [0.05, 0.1) is 16.4 Å². The van der Waals surface area contributed by atoms with Gasteiger partial charge in [-0.25, -0.2) is 9.37 Å². The summed E-state index contributed by atoms with van der Waals surface area (Å²) in [5.74, 6) is -1.77. The average molecular weight is 302 g/mol. The Morgan fingerprint density at radius 2 is 2.32 bits per heavy atom. The zero-order valence-electron chi connectivity index (χ0n) is 9.43. The van der Waals surface area contributed by atoms with Crippen LogP contribution < -0.4 is 11.1 Å². The van der Waals surface area contributed by atoms with Crippen LogP contribution in [0.1, 0.15) is 11.7 Å². The van der Waals surface area contributed by atoms with Crippen molar-refractivity contribution in [1.29, 1.82) is 0 Å². The molecule has 0 aliphatic carbocycles. The molecule has 0 saturated heterocycles. The number of nitrogens with one attached hydrogen (secondary N) is 1. The van der Waals surface area contributed by atoms with Gasteiger partial charge in [-0.3, -0.25) is 4.79 Å². The standard InChI is InChI=1S/C11H9ClFN3O2S/c12-5-2-1-3-6(8(5)13)15-11-16-7(4-19-11)9(14)10(17)18/h1-4,9H,14H2,(H,15,16)(H,17,18). The minimum Gasteiger partial charge on any atom is -0.480 e. The number of rotatable bonds is 4. The number of nitrogens with zero attached hydrogens (tertiary/aromatic N) is 1. The summed E-state index contributed by atoms with van der Waals surface area (Å²) in [4.78, 5) is 14.7. The van der Waals surface area contributed by atoms with Crippen LogP contribution in [-0.2, 0) is 4.79 Å². The van der Waals surface area contributed by atoms with Gasteiger partial charge >= 0.3 is 5.97 Å². The van der Waals surface area contributed by atoms with Crippen LogP contribution in [0.2, 0.25) is 5.02 Å². The number of carboxylic acids is 1. The van der Waals surface area contributed by atoms with Gasteiger partial charge in [0, 0.05) is 5.38 Å². The summed E-state index contributed by atoms with van der Waals surface area (Å²) in [6.07, 6.45) is 0. The van der Waals surface area contributed by atoms with Crippen LogP contribution in [0, 0.1) is 5.82 Å².